The number of halogens is 2. The van der Waals surface area contributed by atoms with Gasteiger partial charge in [-0.15, -0.1) is 11.6 Å². The summed E-state index contributed by atoms with van der Waals surface area (Å²) < 4.78 is 6.89. The maximum atomic E-state index is 5.95. The Kier molecular flexibility index (Phi) is 4.42. The van der Waals surface area contributed by atoms with Crippen LogP contribution in [0, 0.1) is 0 Å². The summed E-state index contributed by atoms with van der Waals surface area (Å²) >= 11 is 9.39. The van der Waals surface area contributed by atoms with Crippen LogP contribution < -0.4 is 4.74 Å². The van der Waals surface area contributed by atoms with Gasteiger partial charge < -0.3 is 4.74 Å². The molecule has 0 saturated carbocycles. The van der Waals surface area contributed by atoms with E-state index in [4.69, 9.17) is 16.3 Å². The summed E-state index contributed by atoms with van der Waals surface area (Å²) in [5.41, 5.74) is 3.08. The lowest BCUT2D eigenvalue weighted by Gasteiger charge is -2.11. The van der Waals surface area contributed by atoms with Crippen LogP contribution in [0.5, 0.6) is 5.75 Å². The molecule has 2 aromatic carbocycles. The minimum Gasteiger partial charge on any atom is -0.489 e. The van der Waals surface area contributed by atoms with Crippen molar-refractivity contribution in [3.05, 3.63) is 70.3 Å². The zero-order valence-electron chi connectivity index (χ0n) is 11.2. The lowest BCUT2D eigenvalue weighted by molar-refractivity contribution is 0.304. The molecule has 1 aromatic heterocycles. The van der Waals surface area contributed by atoms with Gasteiger partial charge in [0.15, 0.2) is 0 Å². The quantitative estimate of drug-likeness (QED) is 0.586. The molecule has 1 heterocycles. The molecule has 0 saturated heterocycles. The number of hydrogen-bond acceptors (Lipinski definition) is 2. The van der Waals surface area contributed by atoms with Gasteiger partial charge >= 0.3 is 0 Å². The predicted molar refractivity (Wildman–Crippen MR) is 89.8 cm³/mol. The van der Waals surface area contributed by atoms with Gasteiger partial charge in [0.05, 0.1) is 11.4 Å². The number of pyridine rings is 1. The second-order valence-corrected chi connectivity index (χ2v) is 5.89. The van der Waals surface area contributed by atoms with Crippen molar-refractivity contribution < 1.29 is 4.74 Å². The van der Waals surface area contributed by atoms with E-state index in [1.54, 1.807) is 6.20 Å². The fraction of sp³-hybridized carbons (Fsp3) is 0.118. The van der Waals surface area contributed by atoms with Gasteiger partial charge in [0.2, 0.25) is 0 Å². The van der Waals surface area contributed by atoms with Gasteiger partial charge in [0.1, 0.15) is 12.4 Å². The third-order valence-electron chi connectivity index (χ3n) is 3.23. The fourth-order valence-corrected chi connectivity index (χ4v) is 2.79. The van der Waals surface area contributed by atoms with E-state index in [9.17, 15) is 0 Å². The largest absolute Gasteiger partial charge is 0.489 e. The Hall–Kier alpha value is -1.58. The average Bonchev–Trinajstić information content (AvgIpc) is 2.53. The molecule has 0 bridgehead atoms. The van der Waals surface area contributed by atoms with Crippen molar-refractivity contribution in [3.63, 3.8) is 0 Å². The Morgan fingerprint density at radius 1 is 1.10 bits per heavy atom. The first-order chi connectivity index (χ1) is 10.3. The Morgan fingerprint density at radius 3 is 2.86 bits per heavy atom. The molecule has 3 rings (SSSR count). The molecule has 3 aromatic rings. The lowest BCUT2D eigenvalue weighted by atomic mass is 10.1. The molecule has 106 valence electrons. The summed E-state index contributed by atoms with van der Waals surface area (Å²) in [6.07, 6.45) is 1.80. The zero-order chi connectivity index (χ0) is 14.7. The molecule has 0 amide bonds. The summed E-state index contributed by atoms with van der Waals surface area (Å²) in [4.78, 5) is 4.31. The highest BCUT2D eigenvalue weighted by molar-refractivity contribution is 9.10. The molecule has 0 aliphatic carbocycles. The van der Waals surface area contributed by atoms with E-state index in [1.165, 1.54) is 0 Å². The van der Waals surface area contributed by atoms with Gasteiger partial charge in [-0.1, -0.05) is 28.1 Å². The van der Waals surface area contributed by atoms with Crippen LogP contribution in [0.25, 0.3) is 10.9 Å². The molecule has 0 unspecified atom stereocenters. The average molecular weight is 363 g/mol. The topological polar surface area (TPSA) is 22.1 Å². The minimum absolute atomic E-state index is 0.427. The van der Waals surface area contributed by atoms with Crippen molar-refractivity contribution in [1.29, 1.82) is 0 Å². The second kappa shape index (κ2) is 6.46. The van der Waals surface area contributed by atoms with E-state index in [1.807, 2.05) is 36.4 Å². The number of benzene rings is 2. The van der Waals surface area contributed by atoms with Crippen molar-refractivity contribution >= 4 is 38.4 Å². The van der Waals surface area contributed by atoms with Crippen molar-refractivity contribution in [3.8, 4) is 5.75 Å². The molecule has 0 N–H and O–H groups in total. The Balaban J connectivity index is 1.80. The molecule has 2 nitrogen and oxygen atoms in total. The van der Waals surface area contributed by atoms with Crippen molar-refractivity contribution in [2.75, 3.05) is 0 Å². The standard InChI is InChI=1S/C17H13BrClNO/c18-15-4-6-17(14(9-15)10-19)21-11-12-3-5-16-13(8-12)2-1-7-20-16/h1-9H,10-11H2. The molecular weight excluding hydrogens is 350 g/mol. The van der Waals surface area contributed by atoms with Crippen molar-refractivity contribution in [1.82, 2.24) is 4.98 Å². The molecule has 0 atom stereocenters. The Labute approximate surface area is 136 Å². The fourth-order valence-electron chi connectivity index (χ4n) is 2.17. The van der Waals surface area contributed by atoms with Crippen LogP contribution in [0.2, 0.25) is 0 Å². The predicted octanol–water partition coefficient (Wildman–Crippen LogP) is 5.32. The smallest absolute Gasteiger partial charge is 0.124 e. The minimum atomic E-state index is 0.427. The molecule has 0 radical (unpaired) electrons. The second-order valence-electron chi connectivity index (χ2n) is 4.70. The third-order valence-corrected chi connectivity index (χ3v) is 4.01. The van der Waals surface area contributed by atoms with Crippen molar-refractivity contribution in [2.24, 2.45) is 0 Å². The first-order valence-electron chi connectivity index (χ1n) is 6.57. The Morgan fingerprint density at radius 2 is 2.00 bits per heavy atom. The van der Waals surface area contributed by atoms with Gasteiger partial charge in [-0.25, -0.2) is 0 Å². The van der Waals surface area contributed by atoms with Gasteiger partial charge in [-0.05, 0) is 42.0 Å². The lowest BCUT2D eigenvalue weighted by Crippen LogP contribution is -1.98. The highest BCUT2D eigenvalue weighted by atomic mass is 79.9. The Bertz CT molecular complexity index is 776. The number of ether oxygens (including phenoxy) is 1. The van der Waals surface area contributed by atoms with Gasteiger partial charge in [-0.2, -0.15) is 0 Å². The third kappa shape index (κ3) is 3.36. The summed E-state index contributed by atoms with van der Waals surface area (Å²) in [5, 5.41) is 1.12. The normalized spacial score (nSPS) is 10.8. The monoisotopic (exact) mass is 361 g/mol. The van der Waals surface area contributed by atoms with E-state index in [0.29, 0.717) is 12.5 Å². The van der Waals surface area contributed by atoms with Crippen LogP contribution in [0.1, 0.15) is 11.1 Å². The highest BCUT2D eigenvalue weighted by Crippen LogP contribution is 2.26. The molecular formula is C17H13BrClNO. The van der Waals surface area contributed by atoms with E-state index in [-0.39, 0.29) is 0 Å². The first-order valence-corrected chi connectivity index (χ1v) is 7.90. The van der Waals surface area contributed by atoms with Crippen LogP contribution in [0.4, 0.5) is 0 Å². The van der Waals surface area contributed by atoms with E-state index in [0.717, 1.165) is 32.3 Å². The van der Waals surface area contributed by atoms with E-state index < -0.39 is 0 Å². The highest BCUT2D eigenvalue weighted by Gasteiger charge is 2.05. The van der Waals surface area contributed by atoms with Crippen LogP contribution in [0.3, 0.4) is 0 Å². The van der Waals surface area contributed by atoms with Gasteiger partial charge in [0, 0.05) is 21.6 Å². The molecule has 21 heavy (non-hydrogen) atoms. The summed E-state index contributed by atoms with van der Waals surface area (Å²) in [5.74, 6) is 1.25. The molecule has 0 aliphatic heterocycles. The van der Waals surface area contributed by atoms with Crippen LogP contribution in [-0.2, 0) is 12.5 Å². The number of aromatic nitrogens is 1. The maximum Gasteiger partial charge on any atom is 0.124 e. The molecule has 0 spiro atoms. The number of fused-ring (bicyclic) bond motifs is 1. The summed E-state index contributed by atoms with van der Waals surface area (Å²) in [6, 6.07) is 16.0. The zero-order valence-corrected chi connectivity index (χ0v) is 13.6. The number of hydrogen-bond donors (Lipinski definition) is 0. The first kappa shape index (κ1) is 14.4. The van der Waals surface area contributed by atoms with Gasteiger partial charge in [0.25, 0.3) is 0 Å². The summed E-state index contributed by atoms with van der Waals surface area (Å²) in [6.45, 7) is 0.510. The number of rotatable bonds is 4. The van der Waals surface area contributed by atoms with Gasteiger partial charge in [-0.3, -0.25) is 4.98 Å². The molecule has 4 heteroatoms. The molecule has 0 fully saturated rings. The van der Waals surface area contributed by atoms with Crippen LogP contribution in [-0.4, -0.2) is 4.98 Å². The van der Waals surface area contributed by atoms with Crippen molar-refractivity contribution in [2.45, 2.75) is 12.5 Å². The number of nitrogens with zero attached hydrogens (tertiary/aromatic N) is 1. The summed E-state index contributed by atoms with van der Waals surface area (Å²) in [7, 11) is 0. The SMILES string of the molecule is ClCc1cc(Br)ccc1OCc1ccc2ncccc2c1. The van der Waals surface area contributed by atoms with E-state index >= 15 is 0 Å². The van der Waals surface area contributed by atoms with E-state index in [2.05, 4.69) is 33.0 Å². The number of alkyl halides is 1. The van der Waals surface area contributed by atoms with Crippen LogP contribution in [0.15, 0.2) is 59.2 Å². The molecule has 0 aliphatic rings. The maximum absolute atomic E-state index is 5.95. The van der Waals surface area contributed by atoms with Crippen LogP contribution >= 0.6 is 27.5 Å².